The van der Waals surface area contributed by atoms with E-state index in [0.29, 0.717) is 10.1 Å². The Balaban J connectivity index is 1.81. The fraction of sp³-hybridized carbons (Fsp3) is 0.188. The van der Waals surface area contributed by atoms with E-state index in [1.807, 2.05) is 22.6 Å². The molecule has 0 aliphatic carbocycles. The Labute approximate surface area is 157 Å². The van der Waals surface area contributed by atoms with Crippen molar-refractivity contribution in [3.63, 3.8) is 0 Å². The maximum absolute atomic E-state index is 12.1. The van der Waals surface area contributed by atoms with Gasteiger partial charge in [-0.1, -0.05) is 0 Å². The van der Waals surface area contributed by atoms with Crippen LogP contribution in [0, 0.1) is 13.7 Å². The number of hydrogen-bond acceptors (Lipinski definition) is 5. The summed E-state index contributed by atoms with van der Waals surface area (Å²) in [4.78, 5) is 38.0. The minimum absolute atomic E-state index is 0.113. The Morgan fingerprint density at radius 3 is 2.56 bits per heavy atom. The van der Waals surface area contributed by atoms with Crippen molar-refractivity contribution in [1.29, 1.82) is 0 Å². The molecule has 0 bridgehead atoms. The summed E-state index contributed by atoms with van der Waals surface area (Å²) in [6, 6.07) is 7.67. The molecule has 0 aliphatic heterocycles. The van der Waals surface area contributed by atoms with Gasteiger partial charge in [0.15, 0.2) is 0 Å². The van der Waals surface area contributed by atoms with Gasteiger partial charge in [0, 0.05) is 47.6 Å². The van der Waals surface area contributed by atoms with E-state index in [2.05, 4.69) is 15.6 Å². The zero-order valence-corrected chi connectivity index (χ0v) is 15.2. The average Bonchev–Trinajstić information content (AvgIpc) is 2.61. The number of non-ortho nitro benzene ring substituents is 1. The van der Waals surface area contributed by atoms with Gasteiger partial charge in [-0.15, -0.1) is 0 Å². The summed E-state index contributed by atoms with van der Waals surface area (Å²) in [7, 11) is 0. The molecule has 0 unspecified atom stereocenters. The lowest BCUT2D eigenvalue weighted by Gasteiger charge is -2.08. The number of nitrogens with one attached hydrogen (secondary N) is 2. The Hall–Kier alpha value is -2.56. The smallest absolute Gasteiger partial charge is 0.270 e. The van der Waals surface area contributed by atoms with E-state index in [0.717, 1.165) is 5.56 Å². The van der Waals surface area contributed by atoms with Gasteiger partial charge in [-0.05, 0) is 46.4 Å². The first-order chi connectivity index (χ1) is 12.0. The van der Waals surface area contributed by atoms with Crippen molar-refractivity contribution >= 4 is 40.1 Å². The summed E-state index contributed by atoms with van der Waals surface area (Å²) in [6.07, 6.45) is 3.40. The SMILES string of the molecule is O=C(CCNC(=O)c1cc([N+](=O)[O-])ccc1I)NCc1ccncc1. The maximum atomic E-state index is 12.1. The molecule has 0 saturated heterocycles. The number of nitro benzene ring substituents is 1. The van der Waals surface area contributed by atoms with Crippen molar-refractivity contribution in [2.45, 2.75) is 13.0 Å². The molecular formula is C16H15IN4O4. The third-order valence-corrected chi connectivity index (χ3v) is 4.22. The number of nitrogens with zero attached hydrogens (tertiary/aromatic N) is 2. The number of amides is 2. The molecule has 2 amide bonds. The molecule has 2 aromatic rings. The van der Waals surface area contributed by atoms with Gasteiger partial charge in [-0.2, -0.15) is 0 Å². The molecule has 1 aromatic carbocycles. The molecule has 2 N–H and O–H groups in total. The van der Waals surface area contributed by atoms with Gasteiger partial charge in [-0.25, -0.2) is 0 Å². The third kappa shape index (κ3) is 5.78. The Bertz CT molecular complexity index is 783. The second kappa shape index (κ2) is 9.06. The predicted molar refractivity (Wildman–Crippen MR) is 98.8 cm³/mol. The van der Waals surface area contributed by atoms with Crippen molar-refractivity contribution in [3.8, 4) is 0 Å². The van der Waals surface area contributed by atoms with Crippen molar-refractivity contribution in [1.82, 2.24) is 15.6 Å². The summed E-state index contributed by atoms with van der Waals surface area (Å²) in [5, 5.41) is 16.1. The summed E-state index contributed by atoms with van der Waals surface area (Å²) in [6.45, 7) is 0.526. The van der Waals surface area contributed by atoms with E-state index < -0.39 is 10.8 Å². The Morgan fingerprint density at radius 2 is 1.88 bits per heavy atom. The fourth-order valence-corrected chi connectivity index (χ4v) is 2.56. The molecule has 2 rings (SSSR count). The lowest BCUT2D eigenvalue weighted by molar-refractivity contribution is -0.384. The molecule has 25 heavy (non-hydrogen) atoms. The molecular weight excluding hydrogens is 439 g/mol. The first kappa shape index (κ1) is 18.8. The second-order valence-electron chi connectivity index (χ2n) is 5.06. The number of carbonyl (C=O) groups excluding carboxylic acids is 2. The zero-order valence-electron chi connectivity index (χ0n) is 13.1. The van der Waals surface area contributed by atoms with Crippen molar-refractivity contribution in [2.75, 3.05) is 6.54 Å². The van der Waals surface area contributed by atoms with Crippen LogP contribution in [0.3, 0.4) is 0 Å². The molecule has 0 atom stereocenters. The van der Waals surface area contributed by atoms with Crippen LogP contribution < -0.4 is 10.6 Å². The molecule has 1 heterocycles. The highest BCUT2D eigenvalue weighted by molar-refractivity contribution is 14.1. The minimum atomic E-state index is -0.556. The van der Waals surface area contributed by atoms with Crippen LogP contribution in [-0.4, -0.2) is 28.3 Å². The topological polar surface area (TPSA) is 114 Å². The molecule has 0 radical (unpaired) electrons. The molecule has 0 spiro atoms. The zero-order chi connectivity index (χ0) is 18.2. The number of rotatable bonds is 7. The van der Waals surface area contributed by atoms with Crippen LogP contribution in [0.5, 0.6) is 0 Å². The predicted octanol–water partition coefficient (Wildman–Crippen LogP) is 2.03. The Kier molecular flexibility index (Phi) is 6.81. The first-order valence-corrected chi connectivity index (χ1v) is 8.43. The van der Waals surface area contributed by atoms with Crippen LogP contribution in [0.4, 0.5) is 5.69 Å². The molecule has 0 aliphatic rings. The normalized spacial score (nSPS) is 10.1. The molecule has 9 heteroatoms. The third-order valence-electron chi connectivity index (χ3n) is 3.28. The summed E-state index contributed by atoms with van der Waals surface area (Å²) >= 11 is 1.93. The number of hydrogen-bond donors (Lipinski definition) is 2. The van der Waals surface area contributed by atoms with E-state index in [1.54, 1.807) is 24.5 Å². The highest BCUT2D eigenvalue weighted by atomic mass is 127. The number of nitro groups is 1. The maximum Gasteiger partial charge on any atom is 0.270 e. The largest absolute Gasteiger partial charge is 0.352 e. The summed E-state index contributed by atoms with van der Waals surface area (Å²) in [5.41, 5.74) is 0.992. The molecule has 8 nitrogen and oxygen atoms in total. The second-order valence-corrected chi connectivity index (χ2v) is 6.22. The monoisotopic (exact) mass is 454 g/mol. The molecule has 1 aromatic heterocycles. The van der Waals surface area contributed by atoms with E-state index in [-0.39, 0.29) is 30.1 Å². The number of aromatic nitrogens is 1. The van der Waals surface area contributed by atoms with Gasteiger partial charge in [0.05, 0.1) is 10.5 Å². The van der Waals surface area contributed by atoms with Crippen molar-refractivity contribution in [3.05, 3.63) is 67.5 Å². The minimum Gasteiger partial charge on any atom is -0.352 e. The van der Waals surface area contributed by atoms with Crippen LogP contribution in [0.25, 0.3) is 0 Å². The summed E-state index contributed by atoms with van der Waals surface area (Å²) in [5.74, 6) is -0.652. The van der Waals surface area contributed by atoms with Crippen LogP contribution >= 0.6 is 22.6 Å². The van der Waals surface area contributed by atoms with Gasteiger partial charge in [0.25, 0.3) is 11.6 Å². The highest BCUT2D eigenvalue weighted by Gasteiger charge is 2.15. The van der Waals surface area contributed by atoms with Crippen molar-refractivity contribution in [2.24, 2.45) is 0 Å². The van der Waals surface area contributed by atoms with E-state index in [1.165, 1.54) is 18.2 Å². The van der Waals surface area contributed by atoms with Gasteiger partial charge in [0.2, 0.25) is 5.91 Å². The average molecular weight is 454 g/mol. The van der Waals surface area contributed by atoms with Crippen LogP contribution in [-0.2, 0) is 11.3 Å². The first-order valence-electron chi connectivity index (χ1n) is 7.35. The lowest BCUT2D eigenvalue weighted by atomic mass is 10.2. The molecule has 0 fully saturated rings. The van der Waals surface area contributed by atoms with Gasteiger partial charge >= 0.3 is 0 Å². The van der Waals surface area contributed by atoms with Gasteiger partial charge in [0.1, 0.15) is 0 Å². The van der Waals surface area contributed by atoms with E-state index in [9.17, 15) is 19.7 Å². The van der Waals surface area contributed by atoms with E-state index >= 15 is 0 Å². The van der Waals surface area contributed by atoms with Crippen LogP contribution in [0.2, 0.25) is 0 Å². The standard InChI is InChI=1S/C16H15IN4O4/c17-14-2-1-12(21(24)25)9-13(14)16(23)19-8-5-15(22)20-10-11-3-6-18-7-4-11/h1-4,6-7,9H,5,8,10H2,(H,19,23)(H,20,22). The fourth-order valence-electron chi connectivity index (χ4n) is 1.98. The van der Waals surface area contributed by atoms with Crippen molar-refractivity contribution < 1.29 is 14.5 Å². The lowest BCUT2D eigenvalue weighted by Crippen LogP contribution is -2.30. The quantitative estimate of drug-likeness (QED) is 0.378. The van der Waals surface area contributed by atoms with Crippen LogP contribution in [0.15, 0.2) is 42.7 Å². The number of pyridine rings is 1. The highest BCUT2D eigenvalue weighted by Crippen LogP contribution is 2.19. The van der Waals surface area contributed by atoms with Crippen LogP contribution in [0.1, 0.15) is 22.3 Å². The number of carbonyl (C=O) groups is 2. The number of benzene rings is 1. The molecule has 130 valence electrons. The Morgan fingerprint density at radius 1 is 1.16 bits per heavy atom. The molecule has 0 saturated carbocycles. The van der Waals surface area contributed by atoms with E-state index in [4.69, 9.17) is 0 Å². The number of halogens is 1. The van der Waals surface area contributed by atoms with Gasteiger partial charge in [-0.3, -0.25) is 24.7 Å². The van der Waals surface area contributed by atoms with Gasteiger partial charge < -0.3 is 10.6 Å². The summed E-state index contributed by atoms with van der Waals surface area (Å²) < 4.78 is 0.600.